The van der Waals surface area contributed by atoms with E-state index in [1.54, 1.807) is 19.1 Å². The molecule has 0 saturated heterocycles. The number of imidazole rings is 1. The Morgan fingerprint density at radius 1 is 1.38 bits per heavy atom. The normalized spacial score (nSPS) is 12.2. The van der Waals surface area contributed by atoms with E-state index in [0.29, 0.717) is 22.3 Å². The van der Waals surface area contributed by atoms with Crippen LogP contribution in [0.5, 0.6) is 5.75 Å². The minimum Gasteiger partial charge on any atom is -0.494 e. The number of halogens is 1. The molecule has 0 aliphatic rings. The molecule has 0 unspecified atom stereocenters. The molecule has 3 rings (SSSR count). The van der Waals surface area contributed by atoms with Crippen LogP contribution in [0.4, 0.5) is 4.39 Å². The standard InChI is InChI=1S/C17H17FN4O2/c1-9(11-4-5-15(24-3)13(18)6-11)20-17(23)12-7-14-16(19-8-12)22-10(2)21-14/h4-9H,1-3H3,(H,20,23)(H,19,21,22)/t9-/m1/s1. The van der Waals surface area contributed by atoms with E-state index in [-0.39, 0.29) is 17.7 Å². The summed E-state index contributed by atoms with van der Waals surface area (Å²) in [5.41, 5.74) is 2.32. The molecule has 24 heavy (non-hydrogen) atoms. The average Bonchev–Trinajstić information content (AvgIpc) is 2.93. The van der Waals surface area contributed by atoms with Gasteiger partial charge < -0.3 is 15.0 Å². The number of carbonyl (C=O) groups excluding carboxylic acids is 1. The van der Waals surface area contributed by atoms with Crippen LogP contribution in [0.1, 0.15) is 34.7 Å². The van der Waals surface area contributed by atoms with Crippen molar-refractivity contribution >= 4 is 17.1 Å². The third kappa shape index (κ3) is 3.05. The van der Waals surface area contributed by atoms with Crippen LogP contribution >= 0.6 is 0 Å². The molecule has 3 aromatic rings. The molecule has 0 aliphatic carbocycles. The molecule has 1 amide bonds. The maximum absolute atomic E-state index is 13.8. The number of carbonyl (C=O) groups is 1. The topological polar surface area (TPSA) is 79.9 Å². The second-order valence-corrected chi connectivity index (χ2v) is 5.51. The number of aromatic nitrogens is 3. The Morgan fingerprint density at radius 2 is 2.17 bits per heavy atom. The van der Waals surface area contributed by atoms with Crippen LogP contribution in [-0.2, 0) is 0 Å². The number of benzene rings is 1. The summed E-state index contributed by atoms with van der Waals surface area (Å²) in [5, 5.41) is 2.83. The minimum atomic E-state index is -0.466. The third-order valence-electron chi connectivity index (χ3n) is 3.74. The first-order valence-electron chi connectivity index (χ1n) is 7.44. The lowest BCUT2D eigenvalue weighted by molar-refractivity contribution is 0.0939. The highest BCUT2D eigenvalue weighted by atomic mass is 19.1. The first-order chi connectivity index (χ1) is 11.5. The largest absolute Gasteiger partial charge is 0.494 e. The van der Waals surface area contributed by atoms with Crippen molar-refractivity contribution < 1.29 is 13.9 Å². The van der Waals surface area contributed by atoms with Gasteiger partial charge in [0.1, 0.15) is 5.82 Å². The second kappa shape index (κ2) is 6.27. The van der Waals surface area contributed by atoms with Gasteiger partial charge in [-0.2, -0.15) is 0 Å². The van der Waals surface area contributed by atoms with E-state index < -0.39 is 5.82 Å². The van der Waals surface area contributed by atoms with E-state index in [1.807, 2.05) is 6.92 Å². The van der Waals surface area contributed by atoms with E-state index >= 15 is 0 Å². The molecule has 1 atom stereocenters. The van der Waals surface area contributed by atoms with Crippen molar-refractivity contribution in [1.82, 2.24) is 20.3 Å². The van der Waals surface area contributed by atoms with Crippen molar-refractivity contribution in [3.63, 3.8) is 0 Å². The van der Waals surface area contributed by atoms with Crippen molar-refractivity contribution in [1.29, 1.82) is 0 Å². The average molecular weight is 328 g/mol. The smallest absolute Gasteiger partial charge is 0.253 e. The van der Waals surface area contributed by atoms with Crippen LogP contribution in [0.15, 0.2) is 30.5 Å². The summed E-state index contributed by atoms with van der Waals surface area (Å²) >= 11 is 0. The van der Waals surface area contributed by atoms with Crippen molar-refractivity contribution in [2.45, 2.75) is 19.9 Å². The van der Waals surface area contributed by atoms with Gasteiger partial charge in [-0.05, 0) is 37.6 Å². The lowest BCUT2D eigenvalue weighted by Gasteiger charge is -2.15. The zero-order chi connectivity index (χ0) is 17.3. The summed E-state index contributed by atoms with van der Waals surface area (Å²) in [5.74, 6) is 0.145. The molecule has 2 heterocycles. The fourth-order valence-electron chi connectivity index (χ4n) is 2.46. The number of aromatic amines is 1. The molecule has 124 valence electrons. The fourth-order valence-corrected chi connectivity index (χ4v) is 2.46. The van der Waals surface area contributed by atoms with Crippen molar-refractivity contribution in [2.24, 2.45) is 0 Å². The summed E-state index contributed by atoms with van der Waals surface area (Å²) in [6.45, 7) is 3.60. The number of ether oxygens (including phenoxy) is 1. The van der Waals surface area contributed by atoms with Gasteiger partial charge in [0, 0.05) is 6.20 Å². The maximum Gasteiger partial charge on any atom is 0.253 e. The number of nitrogens with one attached hydrogen (secondary N) is 2. The van der Waals surface area contributed by atoms with Gasteiger partial charge in [0.25, 0.3) is 5.91 Å². The molecule has 7 heteroatoms. The predicted molar refractivity (Wildman–Crippen MR) is 87.5 cm³/mol. The highest BCUT2D eigenvalue weighted by Gasteiger charge is 2.15. The monoisotopic (exact) mass is 328 g/mol. The Hall–Kier alpha value is -2.96. The van der Waals surface area contributed by atoms with E-state index in [4.69, 9.17) is 4.74 Å². The summed E-state index contributed by atoms with van der Waals surface area (Å²) < 4.78 is 18.7. The number of hydrogen-bond acceptors (Lipinski definition) is 4. The Balaban J connectivity index is 1.78. The van der Waals surface area contributed by atoms with Crippen LogP contribution in [0.2, 0.25) is 0 Å². The summed E-state index contributed by atoms with van der Waals surface area (Å²) in [4.78, 5) is 23.8. The van der Waals surface area contributed by atoms with E-state index in [2.05, 4.69) is 20.3 Å². The van der Waals surface area contributed by atoms with Gasteiger partial charge in [-0.3, -0.25) is 4.79 Å². The summed E-state index contributed by atoms with van der Waals surface area (Å²) in [6, 6.07) is 5.93. The van der Waals surface area contributed by atoms with E-state index in [9.17, 15) is 9.18 Å². The molecule has 0 fully saturated rings. The lowest BCUT2D eigenvalue weighted by Crippen LogP contribution is -2.26. The van der Waals surface area contributed by atoms with Crippen molar-refractivity contribution in [3.8, 4) is 5.75 Å². The molecular weight excluding hydrogens is 311 g/mol. The first-order valence-corrected chi connectivity index (χ1v) is 7.44. The van der Waals surface area contributed by atoms with Crippen LogP contribution < -0.4 is 10.1 Å². The van der Waals surface area contributed by atoms with Gasteiger partial charge in [0.05, 0.1) is 24.2 Å². The zero-order valence-corrected chi connectivity index (χ0v) is 13.6. The van der Waals surface area contributed by atoms with Gasteiger partial charge in [-0.15, -0.1) is 0 Å². The molecule has 1 aromatic carbocycles. The highest BCUT2D eigenvalue weighted by Crippen LogP contribution is 2.22. The Morgan fingerprint density at radius 3 is 2.88 bits per heavy atom. The molecule has 0 aliphatic heterocycles. The Bertz CT molecular complexity index is 907. The van der Waals surface area contributed by atoms with Crippen LogP contribution in [0.25, 0.3) is 11.2 Å². The molecule has 0 bridgehead atoms. The minimum absolute atomic E-state index is 0.168. The number of methoxy groups -OCH3 is 1. The number of rotatable bonds is 4. The molecular formula is C17H17FN4O2. The number of H-pyrrole nitrogens is 1. The van der Waals surface area contributed by atoms with Gasteiger partial charge in [-0.25, -0.2) is 14.4 Å². The molecule has 0 spiro atoms. The van der Waals surface area contributed by atoms with Crippen LogP contribution in [0, 0.1) is 12.7 Å². The number of pyridine rings is 1. The highest BCUT2D eigenvalue weighted by molar-refractivity contribution is 5.96. The third-order valence-corrected chi connectivity index (χ3v) is 3.74. The number of fused-ring (bicyclic) bond motifs is 1. The predicted octanol–water partition coefficient (Wildman–Crippen LogP) is 2.91. The van der Waals surface area contributed by atoms with E-state index in [0.717, 1.165) is 5.82 Å². The van der Waals surface area contributed by atoms with Crippen molar-refractivity contribution in [2.75, 3.05) is 7.11 Å². The zero-order valence-electron chi connectivity index (χ0n) is 13.6. The molecule has 6 nitrogen and oxygen atoms in total. The Labute approximate surface area is 138 Å². The molecule has 2 aromatic heterocycles. The number of hydrogen-bond donors (Lipinski definition) is 2. The number of amides is 1. The van der Waals surface area contributed by atoms with Crippen molar-refractivity contribution in [3.05, 3.63) is 53.2 Å². The Kier molecular flexibility index (Phi) is 4.16. The number of nitrogens with zero attached hydrogens (tertiary/aromatic N) is 2. The van der Waals surface area contributed by atoms with Crippen LogP contribution in [-0.4, -0.2) is 28.0 Å². The van der Waals surface area contributed by atoms with Crippen LogP contribution in [0.3, 0.4) is 0 Å². The maximum atomic E-state index is 13.8. The van der Waals surface area contributed by atoms with Gasteiger partial charge in [0.2, 0.25) is 0 Å². The second-order valence-electron chi connectivity index (χ2n) is 5.51. The lowest BCUT2D eigenvalue weighted by atomic mass is 10.1. The van der Waals surface area contributed by atoms with Gasteiger partial charge >= 0.3 is 0 Å². The SMILES string of the molecule is COc1ccc([C@@H](C)NC(=O)c2cnc3nc(C)[nH]c3c2)cc1F. The first kappa shape index (κ1) is 15.9. The fraction of sp³-hybridized carbons (Fsp3) is 0.235. The van der Waals surface area contributed by atoms with Gasteiger partial charge in [0.15, 0.2) is 17.2 Å². The molecule has 2 N–H and O–H groups in total. The molecule has 0 radical (unpaired) electrons. The quantitative estimate of drug-likeness (QED) is 0.772. The summed E-state index contributed by atoms with van der Waals surface area (Å²) in [6.07, 6.45) is 1.47. The van der Waals surface area contributed by atoms with Gasteiger partial charge in [-0.1, -0.05) is 6.07 Å². The number of aryl methyl sites for hydroxylation is 1. The molecule has 0 saturated carbocycles. The van der Waals surface area contributed by atoms with E-state index in [1.165, 1.54) is 25.4 Å². The summed E-state index contributed by atoms with van der Waals surface area (Å²) in [7, 11) is 1.41.